The first-order valence-electron chi connectivity index (χ1n) is 4.57. The Balaban J connectivity index is 2.74. The number of halogens is 5. The topological polar surface area (TPSA) is 39.6 Å². The highest BCUT2D eigenvalue weighted by atomic mass is 35.5. The van der Waals surface area contributed by atoms with Crippen LogP contribution in [-0.4, -0.2) is 4.98 Å². The number of benzene rings is 1. The molecule has 0 spiro atoms. The normalized spacial score (nSPS) is 10.4. The zero-order chi connectivity index (χ0) is 13.4. The number of nitriles is 1. The van der Waals surface area contributed by atoms with Gasteiger partial charge in [-0.3, -0.25) is 0 Å². The van der Waals surface area contributed by atoms with E-state index >= 15 is 0 Å². The first kappa shape index (κ1) is 13.5. The molecule has 0 aliphatic carbocycles. The maximum atomic E-state index is 13.4. The average molecular weight is 324 g/mol. The summed E-state index contributed by atoms with van der Waals surface area (Å²) in [5.74, 6) is -0.651. The molecular formula is C11H3Cl4FN2. The molecule has 1 heterocycles. The number of hydrogen-bond donors (Lipinski definition) is 1. The van der Waals surface area contributed by atoms with E-state index in [0.29, 0.717) is 0 Å². The molecule has 1 aromatic heterocycles. The lowest BCUT2D eigenvalue weighted by Crippen LogP contribution is -1.87. The molecule has 1 aromatic carbocycles. The first-order chi connectivity index (χ1) is 8.45. The highest BCUT2D eigenvalue weighted by molar-refractivity contribution is 6.43. The zero-order valence-corrected chi connectivity index (χ0v) is 11.5. The minimum atomic E-state index is -0.651. The Hall–Kier alpha value is -0.920. The van der Waals surface area contributed by atoms with Crippen molar-refractivity contribution in [1.29, 1.82) is 5.26 Å². The monoisotopic (exact) mass is 322 g/mol. The van der Waals surface area contributed by atoms with Crippen LogP contribution in [0.2, 0.25) is 20.2 Å². The van der Waals surface area contributed by atoms with E-state index in [1.807, 2.05) is 6.07 Å². The van der Waals surface area contributed by atoms with Gasteiger partial charge in [-0.15, -0.1) is 0 Å². The van der Waals surface area contributed by atoms with Crippen LogP contribution in [-0.2, 0) is 0 Å². The van der Waals surface area contributed by atoms with Crippen molar-refractivity contribution in [2.24, 2.45) is 0 Å². The molecule has 0 aliphatic rings. The van der Waals surface area contributed by atoms with Crippen LogP contribution < -0.4 is 0 Å². The van der Waals surface area contributed by atoms with Gasteiger partial charge in [-0.1, -0.05) is 46.4 Å². The van der Waals surface area contributed by atoms with E-state index in [9.17, 15) is 4.39 Å². The van der Waals surface area contributed by atoms with Gasteiger partial charge in [0.2, 0.25) is 0 Å². The van der Waals surface area contributed by atoms with Crippen LogP contribution >= 0.6 is 46.4 Å². The van der Waals surface area contributed by atoms with Gasteiger partial charge in [0, 0.05) is 5.56 Å². The minimum Gasteiger partial charge on any atom is -0.343 e. The molecule has 0 aliphatic heterocycles. The van der Waals surface area contributed by atoms with Gasteiger partial charge >= 0.3 is 0 Å². The van der Waals surface area contributed by atoms with Crippen molar-refractivity contribution in [3.8, 4) is 17.3 Å². The quantitative estimate of drug-likeness (QED) is 0.710. The van der Waals surface area contributed by atoms with Crippen molar-refractivity contribution in [2.75, 3.05) is 0 Å². The molecule has 7 heteroatoms. The molecule has 1 N–H and O–H groups in total. The van der Waals surface area contributed by atoms with Crippen LogP contribution in [0.1, 0.15) is 5.56 Å². The van der Waals surface area contributed by atoms with E-state index in [-0.39, 0.29) is 37.0 Å². The van der Waals surface area contributed by atoms with E-state index in [2.05, 4.69) is 4.98 Å². The predicted molar refractivity (Wildman–Crippen MR) is 70.9 cm³/mol. The second-order valence-electron chi connectivity index (χ2n) is 3.36. The van der Waals surface area contributed by atoms with Gasteiger partial charge in [-0.25, -0.2) is 4.39 Å². The summed E-state index contributed by atoms with van der Waals surface area (Å²) in [7, 11) is 0. The molecule has 2 rings (SSSR count). The molecular weight excluding hydrogens is 321 g/mol. The lowest BCUT2D eigenvalue weighted by molar-refractivity contribution is 0.628. The Morgan fingerprint density at radius 1 is 1.11 bits per heavy atom. The lowest BCUT2D eigenvalue weighted by atomic mass is 10.1. The Morgan fingerprint density at radius 3 is 2.39 bits per heavy atom. The Morgan fingerprint density at radius 2 is 1.78 bits per heavy atom. The minimum absolute atomic E-state index is 0.0700. The summed E-state index contributed by atoms with van der Waals surface area (Å²) < 4.78 is 13.4. The zero-order valence-electron chi connectivity index (χ0n) is 8.49. The molecule has 0 amide bonds. The summed E-state index contributed by atoms with van der Waals surface area (Å²) >= 11 is 23.2. The number of rotatable bonds is 1. The number of H-pyrrole nitrogens is 1. The van der Waals surface area contributed by atoms with Crippen molar-refractivity contribution in [3.05, 3.63) is 43.7 Å². The summed E-state index contributed by atoms with van der Waals surface area (Å²) in [6.45, 7) is 0. The summed E-state index contributed by atoms with van der Waals surface area (Å²) in [5, 5.41) is 9.26. The SMILES string of the molecule is N#Cc1c(-c2cc(F)c(Cl)cc2Cl)[nH]c(Cl)c1Cl. The summed E-state index contributed by atoms with van der Waals surface area (Å²) in [6.07, 6.45) is 0. The Kier molecular flexibility index (Phi) is 3.74. The molecule has 0 radical (unpaired) electrons. The third-order valence-corrected chi connectivity index (χ3v) is 3.65. The Labute approximate surface area is 122 Å². The molecule has 0 unspecified atom stereocenters. The molecule has 2 nitrogen and oxygen atoms in total. The summed E-state index contributed by atoms with van der Waals surface area (Å²) in [6, 6.07) is 4.25. The fourth-order valence-corrected chi connectivity index (χ4v) is 2.32. The van der Waals surface area contributed by atoms with Gasteiger partial charge in [0.05, 0.1) is 26.3 Å². The van der Waals surface area contributed by atoms with Gasteiger partial charge in [0.15, 0.2) is 0 Å². The molecule has 0 saturated heterocycles. The predicted octanol–water partition coefficient (Wildman–Crippen LogP) is 5.31. The van der Waals surface area contributed by atoms with E-state index in [0.717, 1.165) is 6.07 Å². The first-order valence-corrected chi connectivity index (χ1v) is 6.09. The van der Waals surface area contributed by atoms with Crippen LogP contribution in [0.25, 0.3) is 11.3 Å². The molecule has 0 atom stereocenters. The van der Waals surface area contributed by atoms with Crippen molar-refractivity contribution in [3.63, 3.8) is 0 Å². The number of nitrogens with one attached hydrogen (secondary N) is 1. The lowest BCUT2D eigenvalue weighted by Gasteiger charge is -2.04. The molecule has 92 valence electrons. The van der Waals surface area contributed by atoms with E-state index < -0.39 is 5.82 Å². The summed E-state index contributed by atoms with van der Waals surface area (Å²) in [4.78, 5) is 2.68. The van der Waals surface area contributed by atoms with Gasteiger partial charge in [0.1, 0.15) is 17.0 Å². The molecule has 18 heavy (non-hydrogen) atoms. The van der Waals surface area contributed by atoms with Crippen LogP contribution in [0.3, 0.4) is 0 Å². The Bertz CT molecular complexity index is 673. The number of aromatic nitrogens is 1. The second kappa shape index (κ2) is 4.99. The van der Waals surface area contributed by atoms with Gasteiger partial charge in [-0.05, 0) is 12.1 Å². The maximum absolute atomic E-state index is 13.4. The highest BCUT2D eigenvalue weighted by Crippen LogP contribution is 2.38. The number of hydrogen-bond acceptors (Lipinski definition) is 1. The smallest absolute Gasteiger partial charge is 0.142 e. The standard InChI is InChI=1S/C11H3Cl4FN2/c12-6-2-7(13)8(16)1-4(6)10-5(3-17)9(14)11(15)18-10/h1-2,18H. The largest absolute Gasteiger partial charge is 0.343 e. The van der Waals surface area contributed by atoms with E-state index in [4.69, 9.17) is 51.7 Å². The number of aromatic amines is 1. The van der Waals surface area contributed by atoms with Crippen molar-refractivity contribution >= 4 is 46.4 Å². The van der Waals surface area contributed by atoms with Crippen molar-refractivity contribution in [2.45, 2.75) is 0 Å². The van der Waals surface area contributed by atoms with Gasteiger partial charge in [0.25, 0.3) is 0 Å². The van der Waals surface area contributed by atoms with E-state index in [1.165, 1.54) is 6.07 Å². The fraction of sp³-hybridized carbons (Fsp3) is 0. The number of nitrogens with zero attached hydrogens (tertiary/aromatic N) is 1. The average Bonchev–Trinajstić information content (AvgIpc) is 2.60. The highest BCUT2D eigenvalue weighted by Gasteiger charge is 2.19. The van der Waals surface area contributed by atoms with E-state index in [1.54, 1.807) is 0 Å². The second-order valence-corrected chi connectivity index (χ2v) is 4.93. The van der Waals surface area contributed by atoms with Gasteiger partial charge < -0.3 is 4.98 Å². The van der Waals surface area contributed by atoms with Crippen LogP contribution in [0.4, 0.5) is 4.39 Å². The van der Waals surface area contributed by atoms with Gasteiger partial charge in [-0.2, -0.15) is 5.26 Å². The van der Waals surface area contributed by atoms with Crippen molar-refractivity contribution < 1.29 is 4.39 Å². The molecule has 0 bridgehead atoms. The molecule has 0 saturated carbocycles. The van der Waals surface area contributed by atoms with Crippen LogP contribution in [0, 0.1) is 17.1 Å². The fourth-order valence-electron chi connectivity index (χ4n) is 1.47. The molecule has 0 fully saturated rings. The third kappa shape index (κ3) is 2.17. The van der Waals surface area contributed by atoms with Crippen LogP contribution in [0.5, 0.6) is 0 Å². The molecule has 2 aromatic rings. The van der Waals surface area contributed by atoms with Crippen molar-refractivity contribution in [1.82, 2.24) is 4.98 Å². The summed E-state index contributed by atoms with van der Waals surface area (Å²) in [5.41, 5.74) is 0.627. The van der Waals surface area contributed by atoms with Crippen LogP contribution in [0.15, 0.2) is 12.1 Å². The third-order valence-electron chi connectivity index (χ3n) is 2.29. The maximum Gasteiger partial charge on any atom is 0.142 e.